The molecule has 5 nitrogen and oxygen atoms in total. The maximum atomic E-state index is 11.4. The number of phosphoric acid groups is 1. The van der Waals surface area contributed by atoms with E-state index in [4.69, 9.17) is 9.26 Å². The molecule has 1 heterocycles. The van der Waals surface area contributed by atoms with Gasteiger partial charge < -0.3 is 23.6 Å². The fourth-order valence-electron chi connectivity index (χ4n) is 4.48. The molecular weight excluding hydrogens is 363 g/mol. The molecule has 1 aromatic rings. The van der Waals surface area contributed by atoms with Crippen molar-refractivity contribution in [2.45, 2.75) is 77.7 Å². The van der Waals surface area contributed by atoms with E-state index in [1.165, 1.54) is 5.57 Å². The lowest BCUT2D eigenvalue weighted by Gasteiger charge is -2.47. The molecule has 27 heavy (non-hydrogen) atoms. The van der Waals surface area contributed by atoms with Crippen LogP contribution >= 0.6 is 7.82 Å². The lowest BCUT2D eigenvalue weighted by Crippen LogP contribution is -2.45. The maximum Gasteiger partial charge on any atom is 0.132 e. The predicted octanol–water partition coefficient (Wildman–Crippen LogP) is 4.24. The van der Waals surface area contributed by atoms with Crippen molar-refractivity contribution in [1.82, 2.24) is 0 Å². The molecule has 1 aliphatic heterocycles. The van der Waals surface area contributed by atoms with Crippen LogP contribution in [0.4, 0.5) is 0 Å². The van der Waals surface area contributed by atoms with Gasteiger partial charge in [-0.2, -0.15) is 0 Å². The first-order valence-corrected chi connectivity index (χ1v) is 11.3. The van der Waals surface area contributed by atoms with Crippen molar-refractivity contribution in [3.05, 3.63) is 34.9 Å². The van der Waals surface area contributed by atoms with Crippen molar-refractivity contribution in [1.29, 1.82) is 0 Å². The van der Waals surface area contributed by atoms with E-state index in [1.807, 2.05) is 6.07 Å². The Kier molecular flexibility index (Phi) is 5.77. The third-order valence-corrected chi connectivity index (χ3v) is 6.21. The van der Waals surface area contributed by atoms with Crippen LogP contribution in [0.15, 0.2) is 23.8 Å². The van der Waals surface area contributed by atoms with Crippen molar-refractivity contribution in [3.63, 3.8) is 0 Å². The van der Waals surface area contributed by atoms with Gasteiger partial charge in [0.2, 0.25) is 0 Å². The molecule has 0 saturated heterocycles. The van der Waals surface area contributed by atoms with Crippen LogP contribution in [-0.4, -0.2) is 5.60 Å². The maximum absolute atomic E-state index is 11.4. The molecule has 1 aliphatic carbocycles. The summed E-state index contributed by atoms with van der Waals surface area (Å²) in [4.78, 5) is 22.8. The first-order valence-electron chi connectivity index (χ1n) is 9.85. The Morgan fingerprint density at radius 2 is 2.04 bits per heavy atom. The molecule has 2 aliphatic rings. The highest BCUT2D eigenvalue weighted by Crippen LogP contribution is 2.54. The Bertz CT molecular complexity index is 777. The number of fused-ring (bicyclic) bond motifs is 3. The minimum Gasteiger partial charge on any atom is -0.780 e. The fourth-order valence-corrected chi connectivity index (χ4v) is 4.87. The molecular formula is C21H29O5P-2. The van der Waals surface area contributed by atoms with Crippen LogP contribution in [0.1, 0.15) is 76.8 Å². The van der Waals surface area contributed by atoms with Gasteiger partial charge in [-0.3, -0.25) is 0 Å². The number of benzene rings is 1. The number of hydrogen-bond acceptors (Lipinski definition) is 5. The van der Waals surface area contributed by atoms with E-state index in [0.717, 1.165) is 44.1 Å². The van der Waals surface area contributed by atoms with Crippen LogP contribution in [0, 0.1) is 5.92 Å². The van der Waals surface area contributed by atoms with Crippen LogP contribution < -0.4 is 19.0 Å². The van der Waals surface area contributed by atoms with Gasteiger partial charge in [0.25, 0.3) is 0 Å². The van der Waals surface area contributed by atoms with Crippen molar-refractivity contribution in [2.75, 3.05) is 0 Å². The third kappa shape index (κ3) is 4.59. The summed E-state index contributed by atoms with van der Waals surface area (Å²) in [5.41, 5.74) is 2.54. The number of hydrogen-bond donors (Lipinski definition) is 0. The highest BCUT2D eigenvalue weighted by molar-refractivity contribution is 7.43. The zero-order chi connectivity index (χ0) is 19.8. The van der Waals surface area contributed by atoms with Crippen LogP contribution in [-0.2, 0) is 11.0 Å². The number of rotatable bonds is 6. The van der Waals surface area contributed by atoms with E-state index in [2.05, 4.69) is 33.8 Å². The monoisotopic (exact) mass is 392 g/mol. The van der Waals surface area contributed by atoms with Crippen LogP contribution in [0.25, 0.3) is 0 Å². The van der Waals surface area contributed by atoms with Crippen LogP contribution in [0.2, 0.25) is 0 Å². The summed E-state index contributed by atoms with van der Waals surface area (Å²) < 4.78 is 22.7. The standard InChI is InChI=1S/C21H31O5P/c1-5-6-7-8-15-12-18-20(19(13-15)26-27(22,23)24)16-11-14(2)9-10-17(16)21(3,4)25-18/h11-13,16-17H,5-10H2,1-4H3,(H2,22,23,24)/p-2/t16-,17-/m1/s1. The first-order chi connectivity index (χ1) is 12.6. The highest BCUT2D eigenvalue weighted by Gasteiger charge is 2.45. The van der Waals surface area contributed by atoms with Crippen molar-refractivity contribution in [3.8, 4) is 11.5 Å². The average Bonchev–Trinajstić information content (AvgIpc) is 2.52. The summed E-state index contributed by atoms with van der Waals surface area (Å²) in [6.07, 6.45) is 8.12. The van der Waals surface area contributed by atoms with Crippen molar-refractivity contribution < 1.29 is 23.6 Å². The predicted molar refractivity (Wildman–Crippen MR) is 102 cm³/mol. The van der Waals surface area contributed by atoms with E-state index in [9.17, 15) is 14.4 Å². The van der Waals surface area contributed by atoms with Crippen molar-refractivity contribution in [2.24, 2.45) is 5.92 Å². The minimum atomic E-state index is -5.16. The van der Waals surface area contributed by atoms with E-state index < -0.39 is 7.82 Å². The number of allylic oxidation sites excluding steroid dienone is 2. The number of aryl methyl sites for hydroxylation is 1. The summed E-state index contributed by atoms with van der Waals surface area (Å²) in [6, 6.07) is 3.71. The second-order valence-electron chi connectivity index (χ2n) is 8.39. The van der Waals surface area contributed by atoms with Crippen molar-refractivity contribution >= 4 is 7.82 Å². The Morgan fingerprint density at radius 1 is 1.30 bits per heavy atom. The zero-order valence-corrected chi connectivity index (χ0v) is 17.5. The van der Waals surface area contributed by atoms with E-state index in [-0.39, 0.29) is 23.2 Å². The summed E-state index contributed by atoms with van der Waals surface area (Å²) in [5, 5.41) is 0. The molecule has 0 fully saturated rings. The van der Waals surface area contributed by atoms with E-state index in [1.54, 1.807) is 6.07 Å². The number of phosphoric ester groups is 1. The topological polar surface area (TPSA) is 81.7 Å². The molecule has 0 saturated carbocycles. The van der Waals surface area contributed by atoms with Gasteiger partial charge in [0.15, 0.2) is 0 Å². The smallest absolute Gasteiger partial charge is 0.132 e. The summed E-state index contributed by atoms with van der Waals surface area (Å²) in [6.45, 7) is 8.39. The molecule has 150 valence electrons. The highest BCUT2D eigenvalue weighted by atomic mass is 31.2. The second-order valence-corrected chi connectivity index (χ2v) is 9.47. The molecule has 6 heteroatoms. The molecule has 0 N–H and O–H groups in total. The van der Waals surface area contributed by atoms with Gasteiger partial charge in [0.05, 0.1) is 0 Å². The van der Waals surface area contributed by atoms with Gasteiger partial charge in [-0.05, 0) is 64.2 Å². The third-order valence-electron chi connectivity index (χ3n) is 5.79. The minimum absolute atomic E-state index is 0.0104. The molecule has 2 atom stereocenters. The molecule has 0 spiro atoms. The van der Waals surface area contributed by atoms with Crippen LogP contribution in [0.3, 0.4) is 0 Å². The Hall–Kier alpha value is -1.29. The lowest BCUT2D eigenvalue weighted by molar-refractivity contribution is -0.333. The molecule has 0 amide bonds. The first kappa shape index (κ1) is 20.4. The summed E-state index contributed by atoms with van der Waals surface area (Å²) >= 11 is 0. The number of unbranched alkanes of at least 4 members (excludes halogenated alkanes) is 2. The van der Waals surface area contributed by atoms with E-state index in [0.29, 0.717) is 11.3 Å². The normalized spacial score (nSPS) is 23.7. The van der Waals surface area contributed by atoms with Gasteiger partial charge >= 0.3 is 0 Å². The molecule has 0 radical (unpaired) electrons. The van der Waals surface area contributed by atoms with Gasteiger partial charge in [-0.1, -0.05) is 31.4 Å². The molecule has 1 aromatic carbocycles. The quantitative estimate of drug-likeness (QED) is 0.411. The summed E-state index contributed by atoms with van der Waals surface area (Å²) in [7, 11) is -5.16. The van der Waals surface area contributed by atoms with Gasteiger partial charge in [-0.15, -0.1) is 0 Å². The van der Waals surface area contributed by atoms with Gasteiger partial charge in [0.1, 0.15) is 24.9 Å². The Morgan fingerprint density at radius 3 is 2.70 bits per heavy atom. The summed E-state index contributed by atoms with van der Waals surface area (Å²) in [5.74, 6) is 0.983. The largest absolute Gasteiger partial charge is 0.780 e. The molecule has 0 aromatic heterocycles. The van der Waals surface area contributed by atoms with Crippen LogP contribution in [0.5, 0.6) is 11.5 Å². The van der Waals surface area contributed by atoms with Gasteiger partial charge in [-0.25, -0.2) is 0 Å². The van der Waals surface area contributed by atoms with E-state index >= 15 is 0 Å². The molecule has 3 rings (SSSR count). The van der Waals surface area contributed by atoms with Gasteiger partial charge in [0, 0.05) is 17.4 Å². The Balaban J connectivity index is 2.10. The second kappa shape index (κ2) is 7.62. The molecule has 0 unspecified atom stereocenters. The number of ether oxygens (including phenoxy) is 1. The lowest BCUT2D eigenvalue weighted by atomic mass is 9.68. The Labute approximate surface area is 162 Å². The SMILES string of the molecule is CCCCCc1cc2c(c(OP(=O)([O-])[O-])c1)[C@@H]1C=C(C)CC[C@H]1C(C)(C)O2. The zero-order valence-electron chi connectivity index (χ0n) is 16.6. The molecule has 0 bridgehead atoms. The fraction of sp³-hybridized carbons (Fsp3) is 0.619. The average molecular weight is 392 g/mol.